The highest BCUT2D eigenvalue weighted by atomic mass is 19.1. The maximum Gasteiger partial charge on any atom is 0.337 e. The van der Waals surface area contributed by atoms with Crippen LogP contribution in [0.15, 0.2) is 46.9 Å². The summed E-state index contributed by atoms with van der Waals surface area (Å²) < 4.78 is 24.3. The van der Waals surface area contributed by atoms with Crippen LogP contribution in [-0.2, 0) is 4.74 Å². The Morgan fingerprint density at radius 1 is 1.10 bits per heavy atom. The number of halogens is 1. The predicted molar refractivity (Wildman–Crippen MR) is 110 cm³/mol. The first-order valence-corrected chi connectivity index (χ1v) is 9.20. The molecule has 4 aromatic rings. The third-order valence-electron chi connectivity index (χ3n) is 4.89. The lowest BCUT2D eigenvalue weighted by Crippen LogP contribution is -2.27. The van der Waals surface area contributed by atoms with Crippen molar-refractivity contribution >= 4 is 33.8 Å². The van der Waals surface area contributed by atoms with Crippen LogP contribution in [0, 0.1) is 5.82 Å². The Kier molecular flexibility index (Phi) is 4.66. The number of furan rings is 1. The molecule has 0 aliphatic carbocycles. The minimum absolute atomic E-state index is 0.145. The molecule has 0 amide bonds. The Bertz CT molecular complexity index is 1230. The van der Waals surface area contributed by atoms with Gasteiger partial charge < -0.3 is 14.1 Å². The molecule has 2 heterocycles. The summed E-state index contributed by atoms with van der Waals surface area (Å²) in [5.74, 6) is 0.341. The standard InChI is InChI=1S/C22H20FN3O3/c1-12(2)26(3)21-20(19-11-14-9-15(23)6-8-18(14)29-19)24-16-7-5-13(22(27)28-4)10-17(16)25-21/h5-12H,1-4H3. The van der Waals surface area contributed by atoms with E-state index in [4.69, 9.17) is 19.1 Å². The van der Waals surface area contributed by atoms with E-state index >= 15 is 0 Å². The quantitative estimate of drug-likeness (QED) is 0.463. The lowest BCUT2D eigenvalue weighted by atomic mass is 10.1. The van der Waals surface area contributed by atoms with Crippen molar-refractivity contribution in [3.63, 3.8) is 0 Å². The molecule has 2 aromatic carbocycles. The summed E-state index contributed by atoms with van der Waals surface area (Å²) in [4.78, 5) is 23.4. The minimum atomic E-state index is -0.434. The van der Waals surface area contributed by atoms with E-state index in [0.717, 1.165) is 0 Å². The second kappa shape index (κ2) is 7.16. The molecule has 0 aliphatic heterocycles. The van der Waals surface area contributed by atoms with E-state index in [1.54, 1.807) is 30.3 Å². The fourth-order valence-corrected chi connectivity index (χ4v) is 3.08. The monoisotopic (exact) mass is 393 g/mol. The van der Waals surface area contributed by atoms with Crippen molar-refractivity contribution in [1.82, 2.24) is 9.97 Å². The summed E-state index contributed by atoms with van der Waals surface area (Å²) in [5, 5.41) is 0.654. The molecule has 0 aliphatic rings. The summed E-state index contributed by atoms with van der Waals surface area (Å²) >= 11 is 0. The molecule has 0 unspecified atom stereocenters. The van der Waals surface area contributed by atoms with Crippen LogP contribution in [0.3, 0.4) is 0 Å². The molecule has 29 heavy (non-hydrogen) atoms. The zero-order valence-corrected chi connectivity index (χ0v) is 16.6. The van der Waals surface area contributed by atoms with Crippen LogP contribution in [0.4, 0.5) is 10.2 Å². The van der Waals surface area contributed by atoms with E-state index in [2.05, 4.69) is 0 Å². The molecule has 0 bridgehead atoms. The van der Waals surface area contributed by atoms with Gasteiger partial charge in [-0.25, -0.2) is 19.2 Å². The fraction of sp³-hybridized carbons (Fsp3) is 0.227. The van der Waals surface area contributed by atoms with Crippen molar-refractivity contribution in [2.75, 3.05) is 19.1 Å². The third-order valence-corrected chi connectivity index (χ3v) is 4.89. The number of nitrogens with zero attached hydrogens (tertiary/aromatic N) is 3. The van der Waals surface area contributed by atoms with Gasteiger partial charge in [0, 0.05) is 18.5 Å². The number of methoxy groups -OCH3 is 1. The fourth-order valence-electron chi connectivity index (χ4n) is 3.08. The summed E-state index contributed by atoms with van der Waals surface area (Å²) in [6.07, 6.45) is 0. The van der Waals surface area contributed by atoms with Gasteiger partial charge in [-0.3, -0.25) is 0 Å². The highest BCUT2D eigenvalue weighted by Gasteiger charge is 2.20. The van der Waals surface area contributed by atoms with Gasteiger partial charge in [-0.1, -0.05) is 0 Å². The van der Waals surface area contributed by atoms with Crippen LogP contribution in [0.1, 0.15) is 24.2 Å². The zero-order valence-electron chi connectivity index (χ0n) is 16.6. The van der Waals surface area contributed by atoms with Crippen LogP contribution in [0.25, 0.3) is 33.5 Å². The summed E-state index contributed by atoms with van der Waals surface area (Å²) in [6, 6.07) is 11.3. The van der Waals surface area contributed by atoms with Crippen molar-refractivity contribution in [1.29, 1.82) is 0 Å². The normalized spacial score (nSPS) is 11.4. The number of fused-ring (bicyclic) bond motifs is 2. The second-order valence-corrected chi connectivity index (χ2v) is 7.09. The van der Waals surface area contributed by atoms with Crippen molar-refractivity contribution in [3.05, 3.63) is 53.8 Å². The molecule has 0 radical (unpaired) electrons. The number of carbonyl (C=O) groups excluding carboxylic acids is 1. The number of rotatable bonds is 4. The summed E-state index contributed by atoms with van der Waals surface area (Å²) in [6.45, 7) is 4.07. The van der Waals surface area contributed by atoms with Crippen LogP contribution in [0.2, 0.25) is 0 Å². The van der Waals surface area contributed by atoms with Crippen molar-refractivity contribution in [2.45, 2.75) is 19.9 Å². The van der Waals surface area contributed by atoms with Gasteiger partial charge in [0.2, 0.25) is 0 Å². The first kappa shape index (κ1) is 18.9. The number of aromatic nitrogens is 2. The average molecular weight is 393 g/mol. The van der Waals surface area contributed by atoms with Crippen molar-refractivity contribution < 1.29 is 18.3 Å². The highest BCUT2D eigenvalue weighted by Crippen LogP contribution is 2.34. The topological polar surface area (TPSA) is 68.5 Å². The lowest BCUT2D eigenvalue weighted by molar-refractivity contribution is 0.0601. The SMILES string of the molecule is COC(=O)c1ccc2nc(-c3cc4cc(F)ccc4o3)c(N(C)C(C)C)nc2c1. The van der Waals surface area contributed by atoms with Crippen molar-refractivity contribution in [3.8, 4) is 11.5 Å². The van der Waals surface area contributed by atoms with Gasteiger partial charge in [-0.15, -0.1) is 0 Å². The number of anilines is 1. The Labute approximate surface area is 166 Å². The molecular weight excluding hydrogens is 373 g/mol. The van der Waals surface area contributed by atoms with E-state index in [1.165, 1.54) is 19.2 Å². The molecule has 0 spiro atoms. The molecule has 148 valence electrons. The molecule has 0 atom stereocenters. The Morgan fingerprint density at radius 2 is 1.90 bits per heavy atom. The largest absolute Gasteiger partial charge is 0.465 e. The molecule has 0 N–H and O–H groups in total. The molecule has 0 saturated carbocycles. The van der Waals surface area contributed by atoms with Crippen LogP contribution >= 0.6 is 0 Å². The van der Waals surface area contributed by atoms with Gasteiger partial charge in [0.15, 0.2) is 11.6 Å². The number of esters is 1. The smallest absolute Gasteiger partial charge is 0.337 e. The Morgan fingerprint density at radius 3 is 2.62 bits per heavy atom. The highest BCUT2D eigenvalue weighted by molar-refractivity contribution is 5.94. The first-order valence-electron chi connectivity index (χ1n) is 9.20. The number of hydrogen-bond acceptors (Lipinski definition) is 6. The number of hydrogen-bond donors (Lipinski definition) is 0. The number of carbonyl (C=O) groups is 1. The Hall–Kier alpha value is -3.48. The minimum Gasteiger partial charge on any atom is -0.465 e. The van der Waals surface area contributed by atoms with Crippen molar-refractivity contribution in [2.24, 2.45) is 0 Å². The van der Waals surface area contributed by atoms with Gasteiger partial charge >= 0.3 is 5.97 Å². The number of benzene rings is 2. The first-order chi connectivity index (χ1) is 13.9. The van der Waals surface area contributed by atoms with Gasteiger partial charge in [0.05, 0.1) is 23.7 Å². The van der Waals surface area contributed by atoms with Crippen LogP contribution in [0.5, 0.6) is 0 Å². The zero-order chi connectivity index (χ0) is 20.7. The molecule has 4 rings (SSSR count). The molecule has 0 fully saturated rings. The average Bonchev–Trinajstić information content (AvgIpc) is 3.14. The third kappa shape index (κ3) is 3.40. The summed E-state index contributed by atoms with van der Waals surface area (Å²) in [5.41, 5.74) is 2.71. The second-order valence-electron chi connectivity index (χ2n) is 7.09. The number of ether oxygens (including phenoxy) is 1. The molecule has 0 saturated heterocycles. The lowest BCUT2D eigenvalue weighted by Gasteiger charge is -2.24. The summed E-state index contributed by atoms with van der Waals surface area (Å²) in [7, 11) is 3.25. The van der Waals surface area contributed by atoms with Crippen LogP contribution < -0.4 is 4.90 Å². The van der Waals surface area contributed by atoms with Gasteiger partial charge in [-0.05, 0) is 56.3 Å². The Balaban J connectivity index is 1.94. The predicted octanol–water partition coefficient (Wildman–Crippen LogP) is 4.81. The van der Waals surface area contributed by atoms with E-state index in [-0.39, 0.29) is 11.9 Å². The maximum atomic E-state index is 13.6. The van der Waals surface area contributed by atoms with E-state index in [1.807, 2.05) is 25.8 Å². The van der Waals surface area contributed by atoms with Gasteiger partial charge in [0.25, 0.3) is 0 Å². The molecule has 2 aromatic heterocycles. The maximum absolute atomic E-state index is 13.6. The van der Waals surface area contributed by atoms with Gasteiger partial charge in [-0.2, -0.15) is 0 Å². The van der Waals surface area contributed by atoms with E-state index in [9.17, 15) is 9.18 Å². The van der Waals surface area contributed by atoms with Gasteiger partial charge in [0.1, 0.15) is 17.1 Å². The molecule has 7 heteroatoms. The molecule has 6 nitrogen and oxygen atoms in total. The van der Waals surface area contributed by atoms with Crippen LogP contribution in [-0.4, -0.2) is 36.1 Å². The van der Waals surface area contributed by atoms with E-state index in [0.29, 0.717) is 44.8 Å². The van der Waals surface area contributed by atoms with E-state index < -0.39 is 5.97 Å². The molecular formula is C22H20FN3O3.